The summed E-state index contributed by atoms with van der Waals surface area (Å²) >= 11 is 0. The zero-order chi connectivity index (χ0) is 18.8. The minimum absolute atomic E-state index is 0.145. The monoisotopic (exact) mass is 367 g/mol. The van der Waals surface area contributed by atoms with Gasteiger partial charge in [-0.05, 0) is 25.0 Å². The standard InChI is InChI=1S/C19H21N5O3/c1-27-17-9-5-4-8-16(17)24-13-14(20-21-24)12-22-10-11-23(19(26)18(22)25)15-6-2-3-7-15/h4-5,8-11,13,15H,2-3,6-7,12H2,1H3. The second-order valence-electron chi connectivity index (χ2n) is 6.71. The number of nitrogens with zero attached hydrogens (tertiary/aromatic N) is 5. The topological polar surface area (TPSA) is 83.9 Å². The molecule has 1 aromatic carbocycles. The van der Waals surface area contributed by atoms with Gasteiger partial charge in [-0.2, -0.15) is 0 Å². The van der Waals surface area contributed by atoms with Crippen molar-refractivity contribution in [3.8, 4) is 11.4 Å². The molecule has 0 amide bonds. The molecule has 140 valence electrons. The SMILES string of the molecule is COc1ccccc1-n1cc(Cn2ccn(C3CCCC3)c(=O)c2=O)nn1. The van der Waals surface area contributed by atoms with Gasteiger partial charge in [0.05, 0.1) is 19.9 Å². The molecule has 27 heavy (non-hydrogen) atoms. The number of para-hydroxylation sites is 2. The number of benzene rings is 1. The molecule has 0 spiro atoms. The molecular formula is C19H21N5O3. The van der Waals surface area contributed by atoms with Crippen molar-refractivity contribution in [1.29, 1.82) is 0 Å². The maximum absolute atomic E-state index is 12.5. The summed E-state index contributed by atoms with van der Waals surface area (Å²) in [7, 11) is 1.59. The third kappa shape index (κ3) is 3.30. The van der Waals surface area contributed by atoms with Gasteiger partial charge in [-0.3, -0.25) is 9.59 Å². The number of aromatic nitrogens is 5. The van der Waals surface area contributed by atoms with E-state index in [2.05, 4.69) is 10.3 Å². The van der Waals surface area contributed by atoms with Crippen LogP contribution in [0, 0.1) is 0 Å². The van der Waals surface area contributed by atoms with Gasteiger partial charge in [-0.25, -0.2) is 4.68 Å². The Morgan fingerprint density at radius 1 is 1.11 bits per heavy atom. The zero-order valence-corrected chi connectivity index (χ0v) is 15.1. The summed E-state index contributed by atoms with van der Waals surface area (Å²) in [5.74, 6) is 0.672. The van der Waals surface area contributed by atoms with Crippen molar-refractivity contribution in [2.75, 3.05) is 7.11 Å². The van der Waals surface area contributed by atoms with Gasteiger partial charge < -0.3 is 13.9 Å². The molecule has 1 aliphatic rings. The van der Waals surface area contributed by atoms with Crippen LogP contribution < -0.4 is 15.9 Å². The van der Waals surface area contributed by atoms with E-state index in [0.717, 1.165) is 31.4 Å². The van der Waals surface area contributed by atoms with Crippen LogP contribution in [0.2, 0.25) is 0 Å². The van der Waals surface area contributed by atoms with Gasteiger partial charge in [0, 0.05) is 18.4 Å². The molecule has 0 N–H and O–H groups in total. The molecule has 1 saturated carbocycles. The van der Waals surface area contributed by atoms with Crippen molar-refractivity contribution in [3.63, 3.8) is 0 Å². The third-order valence-electron chi connectivity index (χ3n) is 5.01. The highest BCUT2D eigenvalue weighted by atomic mass is 16.5. The Balaban J connectivity index is 1.60. The third-order valence-corrected chi connectivity index (χ3v) is 5.01. The maximum Gasteiger partial charge on any atom is 0.316 e. The first-order valence-corrected chi connectivity index (χ1v) is 9.03. The van der Waals surface area contributed by atoms with Crippen molar-refractivity contribution in [2.45, 2.75) is 38.3 Å². The molecule has 1 aliphatic carbocycles. The van der Waals surface area contributed by atoms with Crippen LogP contribution in [0.4, 0.5) is 0 Å². The fourth-order valence-corrected chi connectivity index (χ4v) is 3.60. The number of methoxy groups -OCH3 is 1. The summed E-state index contributed by atoms with van der Waals surface area (Å²) in [6.45, 7) is 0.189. The highest BCUT2D eigenvalue weighted by Crippen LogP contribution is 2.27. The summed E-state index contributed by atoms with van der Waals surface area (Å²) in [6, 6.07) is 7.60. The largest absolute Gasteiger partial charge is 0.494 e. The number of hydrogen-bond acceptors (Lipinski definition) is 5. The van der Waals surface area contributed by atoms with Crippen molar-refractivity contribution in [1.82, 2.24) is 24.1 Å². The molecule has 0 bridgehead atoms. The highest BCUT2D eigenvalue weighted by molar-refractivity contribution is 5.45. The minimum Gasteiger partial charge on any atom is -0.494 e. The minimum atomic E-state index is -0.531. The van der Waals surface area contributed by atoms with Gasteiger partial charge in [0.1, 0.15) is 17.1 Å². The van der Waals surface area contributed by atoms with E-state index in [1.54, 1.807) is 34.9 Å². The fraction of sp³-hybridized carbons (Fsp3) is 0.368. The summed E-state index contributed by atoms with van der Waals surface area (Å²) in [5, 5.41) is 8.23. The quantitative estimate of drug-likeness (QED) is 0.642. The molecule has 0 atom stereocenters. The molecule has 2 aromatic heterocycles. The lowest BCUT2D eigenvalue weighted by Crippen LogP contribution is -2.41. The van der Waals surface area contributed by atoms with Crippen LogP contribution in [0.15, 0.2) is 52.4 Å². The average molecular weight is 367 g/mol. The van der Waals surface area contributed by atoms with Gasteiger partial charge in [-0.15, -0.1) is 5.10 Å². The van der Waals surface area contributed by atoms with Crippen molar-refractivity contribution >= 4 is 0 Å². The van der Waals surface area contributed by atoms with E-state index >= 15 is 0 Å². The van der Waals surface area contributed by atoms with E-state index in [0.29, 0.717) is 11.4 Å². The van der Waals surface area contributed by atoms with Crippen molar-refractivity contribution in [2.24, 2.45) is 0 Å². The van der Waals surface area contributed by atoms with E-state index in [-0.39, 0.29) is 12.6 Å². The molecule has 2 heterocycles. The number of hydrogen-bond donors (Lipinski definition) is 0. The van der Waals surface area contributed by atoms with Crippen molar-refractivity contribution in [3.05, 3.63) is 69.3 Å². The summed E-state index contributed by atoms with van der Waals surface area (Å²) < 4.78 is 9.89. The lowest BCUT2D eigenvalue weighted by molar-refractivity contribution is 0.411. The normalized spacial score (nSPS) is 14.6. The van der Waals surface area contributed by atoms with Crippen LogP contribution in [0.3, 0.4) is 0 Å². The van der Waals surface area contributed by atoms with Gasteiger partial charge in [0.15, 0.2) is 0 Å². The van der Waals surface area contributed by atoms with Gasteiger partial charge in [-0.1, -0.05) is 30.2 Å². The molecule has 1 fully saturated rings. The van der Waals surface area contributed by atoms with E-state index in [4.69, 9.17) is 4.74 Å². The maximum atomic E-state index is 12.5. The van der Waals surface area contributed by atoms with Crippen LogP contribution in [0.1, 0.15) is 37.4 Å². The van der Waals surface area contributed by atoms with Gasteiger partial charge in [0.25, 0.3) is 0 Å². The molecule has 4 rings (SSSR count). The fourth-order valence-electron chi connectivity index (χ4n) is 3.60. The molecule has 3 aromatic rings. The summed E-state index contributed by atoms with van der Waals surface area (Å²) in [5.41, 5.74) is 0.335. The van der Waals surface area contributed by atoms with Crippen LogP contribution in [0.25, 0.3) is 5.69 Å². The van der Waals surface area contributed by atoms with Crippen LogP contribution in [0.5, 0.6) is 5.75 Å². The van der Waals surface area contributed by atoms with E-state index in [1.807, 2.05) is 24.3 Å². The van der Waals surface area contributed by atoms with Crippen LogP contribution in [-0.2, 0) is 6.54 Å². The highest BCUT2D eigenvalue weighted by Gasteiger charge is 2.19. The Morgan fingerprint density at radius 3 is 2.67 bits per heavy atom. The Labute approximate surface area is 155 Å². The second kappa shape index (κ2) is 7.22. The first-order chi connectivity index (χ1) is 13.2. The lowest BCUT2D eigenvalue weighted by Gasteiger charge is -2.13. The molecule has 8 heteroatoms. The predicted molar refractivity (Wildman–Crippen MR) is 99.5 cm³/mol. The van der Waals surface area contributed by atoms with E-state index in [1.165, 1.54) is 4.57 Å². The van der Waals surface area contributed by atoms with E-state index in [9.17, 15) is 9.59 Å². The molecule has 8 nitrogen and oxygen atoms in total. The molecule has 0 unspecified atom stereocenters. The Bertz CT molecular complexity index is 1060. The predicted octanol–water partition coefficient (Wildman–Crippen LogP) is 1.76. The average Bonchev–Trinajstić information content (AvgIpc) is 3.38. The summed E-state index contributed by atoms with van der Waals surface area (Å²) in [6.07, 6.45) is 9.22. The lowest BCUT2D eigenvalue weighted by atomic mass is 10.2. The number of ether oxygens (including phenoxy) is 1. The van der Waals surface area contributed by atoms with Crippen LogP contribution in [-0.4, -0.2) is 31.2 Å². The van der Waals surface area contributed by atoms with Crippen molar-refractivity contribution < 1.29 is 4.74 Å². The Morgan fingerprint density at radius 2 is 1.89 bits per heavy atom. The van der Waals surface area contributed by atoms with E-state index < -0.39 is 11.1 Å². The van der Waals surface area contributed by atoms with Gasteiger partial charge in [0.2, 0.25) is 0 Å². The first kappa shape index (κ1) is 17.3. The summed E-state index contributed by atoms with van der Waals surface area (Å²) in [4.78, 5) is 24.9. The molecule has 0 saturated heterocycles. The second-order valence-corrected chi connectivity index (χ2v) is 6.71. The molecule has 0 aliphatic heterocycles. The smallest absolute Gasteiger partial charge is 0.316 e. The molecule has 0 radical (unpaired) electrons. The van der Waals surface area contributed by atoms with Gasteiger partial charge >= 0.3 is 11.1 Å². The number of rotatable bonds is 5. The Kier molecular flexibility index (Phi) is 4.62. The van der Waals surface area contributed by atoms with Crippen LogP contribution >= 0.6 is 0 Å². The molecular weight excluding hydrogens is 346 g/mol. The Hall–Kier alpha value is -3.16. The zero-order valence-electron chi connectivity index (χ0n) is 15.1. The first-order valence-electron chi connectivity index (χ1n) is 9.03.